The third-order valence-corrected chi connectivity index (χ3v) is 2.52. The molecule has 2 amide bonds. The van der Waals surface area contributed by atoms with Crippen molar-refractivity contribution in [3.05, 3.63) is 23.8 Å². The maximum atomic E-state index is 11.4. The molecule has 0 saturated carbocycles. The van der Waals surface area contributed by atoms with Crippen molar-refractivity contribution in [2.75, 3.05) is 31.7 Å². The highest BCUT2D eigenvalue weighted by molar-refractivity contribution is 6.00. The number of anilines is 2. The van der Waals surface area contributed by atoms with E-state index in [-0.39, 0.29) is 11.5 Å². The lowest BCUT2D eigenvalue weighted by Gasteiger charge is -2.13. The number of nitrogens with zero attached hydrogens (tertiary/aromatic N) is 1. The van der Waals surface area contributed by atoms with Crippen LogP contribution in [-0.2, 0) is 4.79 Å². The second-order valence-corrected chi connectivity index (χ2v) is 4.10. The first-order chi connectivity index (χ1) is 8.43. The highest BCUT2D eigenvalue weighted by Gasteiger charge is 2.09. The number of primary amides is 1. The highest BCUT2D eigenvalue weighted by Crippen LogP contribution is 2.22. The maximum absolute atomic E-state index is 11.4. The number of hydrogen-bond donors (Lipinski definition) is 3. The molecule has 0 aliphatic rings. The van der Waals surface area contributed by atoms with Crippen LogP contribution in [0.3, 0.4) is 0 Å². The van der Waals surface area contributed by atoms with Crippen molar-refractivity contribution in [1.29, 1.82) is 0 Å². The predicted molar refractivity (Wildman–Crippen MR) is 71.2 cm³/mol. The fourth-order valence-corrected chi connectivity index (χ4v) is 1.46. The molecule has 0 fully saturated rings. The van der Waals surface area contributed by atoms with Gasteiger partial charge in [-0.2, -0.15) is 0 Å². The SMILES string of the molecule is CN(C)C(=O)CCNc1cccc(C(N)=O)c1N. The third-order valence-electron chi connectivity index (χ3n) is 2.52. The Labute approximate surface area is 106 Å². The Hall–Kier alpha value is -2.24. The highest BCUT2D eigenvalue weighted by atomic mass is 16.2. The Balaban J connectivity index is 2.66. The monoisotopic (exact) mass is 250 g/mol. The summed E-state index contributed by atoms with van der Waals surface area (Å²) in [6, 6.07) is 4.99. The molecule has 0 radical (unpaired) electrons. The van der Waals surface area contributed by atoms with E-state index in [0.29, 0.717) is 24.3 Å². The fraction of sp³-hybridized carbons (Fsp3) is 0.333. The van der Waals surface area contributed by atoms with Gasteiger partial charge in [-0.05, 0) is 12.1 Å². The summed E-state index contributed by atoms with van der Waals surface area (Å²) in [5.41, 5.74) is 12.2. The van der Waals surface area contributed by atoms with Crippen LogP contribution in [0.4, 0.5) is 11.4 Å². The van der Waals surface area contributed by atoms with Gasteiger partial charge in [0.05, 0.1) is 16.9 Å². The van der Waals surface area contributed by atoms with Gasteiger partial charge >= 0.3 is 0 Å². The van der Waals surface area contributed by atoms with Gasteiger partial charge in [0.15, 0.2) is 0 Å². The van der Waals surface area contributed by atoms with Crippen LogP contribution >= 0.6 is 0 Å². The number of rotatable bonds is 5. The fourth-order valence-electron chi connectivity index (χ4n) is 1.46. The second-order valence-electron chi connectivity index (χ2n) is 4.10. The van der Waals surface area contributed by atoms with Gasteiger partial charge in [-0.25, -0.2) is 0 Å². The van der Waals surface area contributed by atoms with Crippen LogP contribution < -0.4 is 16.8 Å². The van der Waals surface area contributed by atoms with E-state index in [0.717, 1.165) is 0 Å². The maximum Gasteiger partial charge on any atom is 0.250 e. The molecule has 0 spiro atoms. The van der Waals surface area contributed by atoms with Gasteiger partial charge in [-0.3, -0.25) is 9.59 Å². The molecule has 1 aromatic rings. The molecule has 98 valence electrons. The van der Waals surface area contributed by atoms with E-state index in [1.807, 2.05) is 0 Å². The van der Waals surface area contributed by atoms with Crippen LogP contribution in [0.25, 0.3) is 0 Å². The molecule has 0 aromatic heterocycles. The van der Waals surface area contributed by atoms with Crippen LogP contribution in [0.1, 0.15) is 16.8 Å². The van der Waals surface area contributed by atoms with Gasteiger partial charge in [-0.1, -0.05) is 6.07 Å². The lowest BCUT2D eigenvalue weighted by atomic mass is 10.1. The van der Waals surface area contributed by atoms with E-state index in [1.54, 1.807) is 32.3 Å². The predicted octanol–water partition coefficient (Wildman–Crippen LogP) is 0.258. The van der Waals surface area contributed by atoms with Gasteiger partial charge in [0.1, 0.15) is 0 Å². The van der Waals surface area contributed by atoms with Crippen molar-refractivity contribution in [2.45, 2.75) is 6.42 Å². The van der Waals surface area contributed by atoms with Gasteiger partial charge in [0.25, 0.3) is 5.91 Å². The molecule has 1 aromatic carbocycles. The Bertz CT molecular complexity index is 457. The van der Waals surface area contributed by atoms with Crippen LogP contribution in [0.15, 0.2) is 18.2 Å². The van der Waals surface area contributed by atoms with E-state index >= 15 is 0 Å². The van der Waals surface area contributed by atoms with E-state index in [1.165, 1.54) is 4.90 Å². The number of nitrogens with one attached hydrogen (secondary N) is 1. The number of carbonyl (C=O) groups excluding carboxylic acids is 2. The molecule has 18 heavy (non-hydrogen) atoms. The smallest absolute Gasteiger partial charge is 0.250 e. The summed E-state index contributed by atoms with van der Waals surface area (Å²) >= 11 is 0. The summed E-state index contributed by atoms with van der Waals surface area (Å²) in [5, 5.41) is 3.01. The summed E-state index contributed by atoms with van der Waals surface area (Å²) in [5.74, 6) is -0.548. The number of benzene rings is 1. The molecule has 0 saturated heterocycles. The van der Waals surface area contributed by atoms with Gasteiger partial charge < -0.3 is 21.7 Å². The molecule has 0 aliphatic heterocycles. The Morgan fingerprint density at radius 3 is 2.56 bits per heavy atom. The third kappa shape index (κ3) is 3.38. The molecule has 6 nitrogen and oxygen atoms in total. The number of nitrogen functional groups attached to an aromatic ring is 1. The second kappa shape index (κ2) is 5.90. The van der Waals surface area contributed by atoms with Gasteiger partial charge in [0.2, 0.25) is 5.91 Å². The molecule has 0 unspecified atom stereocenters. The number of amides is 2. The topological polar surface area (TPSA) is 101 Å². The minimum Gasteiger partial charge on any atom is -0.396 e. The first kappa shape index (κ1) is 13.8. The largest absolute Gasteiger partial charge is 0.396 e. The van der Waals surface area contributed by atoms with Crippen molar-refractivity contribution in [3.63, 3.8) is 0 Å². The minimum atomic E-state index is -0.569. The Morgan fingerprint density at radius 1 is 1.33 bits per heavy atom. The van der Waals surface area contributed by atoms with Crippen molar-refractivity contribution >= 4 is 23.2 Å². The zero-order valence-corrected chi connectivity index (χ0v) is 10.6. The zero-order valence-electron chi connectivity index (χ0n) is 10.6. The molecule has 1 rings (SSSR count). The molecule has 0 aliphatic carbocycles. The van der Waals surface area contributed by atoms with Gasteiger partial charge in [0, 0.05) is 27.1 Å². The average molecular weight is 250 g/mol. The first-order valence-electron chi connectivity index (χ1n) is 5.55. The summed E-state index contributed by atoms with van der Waals surface area (Å²) in [7, 11) is 3.40. The normalized spacial score (nSPS) is 9.89. The quantitative estimate of drug-likeness (QED) is 0.652. The lowest BCUT2D eigenvalue weighted by Crippen LogP contribution is -2.24. The summed E-state index contributed by atoms with van der Waals surface area (Å²) in [4.78, 5) is 24.0. The van der Waals surface area contributed by atoms with Crippen molar-refractivity contribution in [2.24, 2.45) is 5.73 Å². The standard InChI is InChI=1S/C12H18N4O2/c1-16(2)10(17)6-7-15-9-5-3-4-8(11(9)13)12(14)18/h3-5,15H,6-7,13H2,1-2H3,(H2,14,18). The molecular formula is C12H18N4O2. The Kier molecular flexibility index (Phi) is 4.53. The van der Waals surface area contributed by atoms with E-state index in [2.05, 4.69) is 5.32 Å². The van der Waals surface area contributed by atoms with Crippen LogP contribution in [-0.4, -0.2) is 37.4 Å². The molecule has 6 heteroatoms. The molecule has 0 atom stereocenters. The van der Waals surface area contributed by atoms with Crippen LogP contribution in [0.2, 0.25) is 0 Å². The zero-order chi connectivity index (χ0) is 13.7. The first-order valence-corrected chi connectivity index (χ1v) is 5.55. The molecular weight excluding hydrogens is 232 g/mol. The summed E-state index contributed by atoms with van der Waals surface area (Å²) in [6.07, 6.45) is 0.354. The van der Waals surface area contributed by atoms with Crippen LogP contribution in [0, 0.1) is 0 Å². The number of hydrogen-bond acceptors (Lipinski definition) is 4. The summed E-state index contributed by atoms with van der Waals surface area (Å²) in [6.45, 7) is 0.448. The van der Waals surface area contributed by atoms with Crippen molar-refractivity contribution < 1.29 is 9.59 Å². The molecule has 0 bridgehead atoms. The van der Waals surface area contributed by atoms with Crippen molar-refractivity contribution in [3.8, 4) is 0 Å². The molecule has 5 N–H and O–H groups in total. The van der Waals surface area contributed by atoms with Crippen molar-refractivity contribution in [1.82, 2.24) is 4.90 Å². The molecule has 0 heterocycles. The number of nitrogens with two attached hydrogens (primary N) is 2. The minimum absolute atomic E-state index is 0.0205. The van der Waals surface area contributed by atoms with E-state index in [9.17, 15) is 9.59 Å². The average Bonchev–Trinajstić information content (AvgIpc) is 2.30. The Morgan fingerprint density at radius 2 is 2.00 bits per heavy atom. The van der Waals surface area contributed by atoms with Gasteiger partial charge in [-0.15, -0.1) is 0 Å². The number of carbonyl (C=O) groups is 2. The number of para-hydroxylation sites is 1. The van der Waals surface area contributed by atoms with E-state index in [4.69, 9.17) is 11.5 Å². The van der Waals surface area contributed by atoms with Crippen LogP contribution in [0.5, 0.6) is 0 Å². The lowest BCUT2D eigenvalue weighted by molar-refractivity contribution is -0.128. The summed E-state index contributed by atoms with van der Waals surface area (Å²) < 4.78 is 0. The van der Waals surface area contributed by atoms with E-state index < -0.39 is 5.91 Å².